The van der Waals surface area contributed by atoms with Gasteiger partial charge in [0.2, 0.25) is 11.8 Å². The van der Waals surface area contributed by atoms with E-state index in [-0.39, 0.29) is 12.8 Å². The summed E-state index contributed by atoms with van der Waals surface area (Å²) in [6.07, 6.45) is 4.61. The van der Waals surface area contributed by atoms with E-state index in [9.17, 15) is 19.5 Å². The van der Waals surface area contributed by atoms with E-state index in [0.29, 0.717) is 25.1 Å². The fourth-order valence-electron chi connectivity index (χ4n) is 2.15. The van der Waals surface area contributed by atoms with Crippen molar-refractivity contribution in [3.63, 3.8) is 0 Å². The van der Waals surface area contributed by atoms with Gasteiger partial charge < -0.3 is 32.2 Å². The van der Waals surface area contributed by atoms with Crippen LogP contribution in [-0.4, -0.2) is 57.5 Å². The zero-order chi connectivity index (χ0) is 18.8. The number of amides is 2. The molecule has 10 heteroatoms. The molecule has 0 spiro atoms. The molecule has 2 amide bonds. The molecule has 0 saturated carbocycles. The molecule has 0 aliphatic heterocycles. The van der Waals surface area contributed by atoms with Gasteiger partial charge in [-0.2, -0.15) is 0 Å². The van der Waals surface area contributed by atoms with Crippen molar-refractivity contribution in [2.75, 3.05) is 6.54 Å². The third-order valence-corrected chi connectivity index (χ3v) is 3.59. The van der Waals surface area contributed by atoms with E-state index in [1.165, 1.54) is 19.4 Å². The van der Waals surface area contributed by atoms with Crippen LogP contribution in [-0.2, 0) is 20.8 Å². The molecule has 1 aromatic rings. The van der Waals surface area contributed by atoms with E-state index in [1.807, 2.05) is 0 Å². The van der Waals surface area contributed by atoms with Gasteiger partial charge in [0, 0.05) is 18.3 Å². The summed E-state index contributed by atoms with van der Waals surface area (Å²) in [4.78, 5) is 42.4. The Bertz CT molecular complexity index is 560. The number of rotatable bonds is 11. The molecule has 0 radical (unpaired) electrons. The standard InChI is InChI=1S/C15H26N6O4/c1-9(17)13(22)21-12(6-10-7-18-8-19-10)14(23)20-11(15(24)25)4-2-3-5-16/h7-9,11-12H,2-6,16-17H2,1H3,(H,18,19)(H,20,23)(H,21,22)(H,24,25). The highest BCUT2D eigenvalue weighted by atomic mass is 16.4. The molecule has 0 aliphatic rings. The van der Waals surface area contributed by atoms with Gasteiger partial charge >= 0.3 is 5.97 Å². The number of aromatic amines is 1. The summed E-state index contributed by atoms with van der Waals surface area (Å²) < 4.78 is 0. The molecule has 1 heterocycles. The first-order chi connectivity index (χ1) is 11.8. The van der Waals surface area contributed by atoms with E-state index in [1.54, 1.807) is 0 Å². The van der Waals surface area contributed by atoms with Gasteiger partial charge in [0.25, 0.3) is 0 Å². The van der Waals surface area contributed by atoms with Crippen molar-refractivity contribution in [1.29, 1.82) is 0 Å². The maximum absolute atomic E-state index is 12.5. The molecule has 8 N–H and O–H groups in total. The highest BCUT2D eigenvalue weighted by Crippen LogP contribution is 2.04. The summed E-state index contributed by atoms with van der Waals surface area (Å²) in [5, 5.41) is 14.3. The van der Waals surface area contributed by atoms with Crippen molar-refractivity contribution in [3.8, 4) is 0 Å². The Labute approximate surface area is 145 Å². The van der Waals surface area contributed by atoms with Gasteiger partial charge in [0.05, 0.1) is 12.4 Å². The largest absolute Gasteiger partial charge is 0.480 e. The Balaban J connectivity index is 2.78. The van der Waals surface area contributed by atoms with E-state index in [4.69, 9.17) is 11.5 Å². The van der Waals surface area contributed by atoms with Crippen LogP contribution in [0.25, 0.3) is 0 Å². The molecule has 0 saturated heterocycles. The number of nitrogens with one attached hydrogen (secondary N) is 3. The summed E-state index contributed by atoms with van der Waals surface area (Å²) in [6, 6.07) is -2.80. The van der Waals surface area contributed by atoms with Crippen LogP contribution in [0.15, 0.2) is 12.5 Å². The van der Waals surface area contributed by atoms with Crippen molar-refractivity contribution < 1.29 is 19.5 Å². The van der Waals surface area contributed by atoms with Crippen LogP contribution >= 0.6 is 0 Å². The maximum atomic E-state index is 12.5. The normalized spacial score (nSPS) is 14.4. The number of carbonyl (C=O) groups is 3. The van der Waals surface area contributed by atoms with Crippen LogP contribution in [0, 0.1) is 0 Å². The summed E-state index contributed by atoms with van der Waals surface area (Å²) in [6.45, 7) is 1.94. The predicted molar refractivity (Wildman–Crippen MR) is 90.3 cm³/mol. The Hall–Kier alpha value is -2.46. The number of aliphatic carboxylic acids is 1. The third-order valence-electron chi connectivity index (χ3n) is 3.59. The Morgan fingerprint density at radius 1 is 1.24 bits per heavy atom. The Morgan fingerprint density at radius 2 is 1.92 bits per heavy atom. The molecule has 0 aliphatic carbocycles. The van der Waals surface area contributed by atoms with E-state index >= 15 is 0 Å². The number of carbonyl (C=O) groups excluding carboxylic acids is 2. The fraction of sp³-hybridized carbons (Fsp3) is 0.600. The molecule has 0 aromatic carbocycles. The minimum atomic E-state index is -1.14. The number of nitrogens with two attached hydrogens (primary N) is 2. The lowest BCUT2D eigenvalue weighted by molar-refractivity contribution is -0.142. The van der Waals surface area contributed by atoms with Crippen LogP contribution in [0.5, 0.6) is 0 Å². The molecule has 0 fully saturated rings. The van der Waals surface area contributed by atoms with Crippen molar-refractivity contribution in [2.45, 2.75) is 50.7 Å². The van der Waals surface area contributed by atoms with Gasteiger partial charge in [-0.3, -0.25) is 9.59 Å². The number of unbranched alkanes of at least 4 members (excludes halogenated alkanes) is 1. The lowest BCUT2D eigenvalue weighted by atomic mass is 10.1. The highest BCUT2D eigenvalue weighted by Gasteiger charge is 2.27. The molecule has 140 valence electrons. The van der Waals surface area contributed by atoms with Crippen LogP contribution < -0.4 is 22.1 Å². The van der Waals surface area contributed by atoms with Gasteiger partial charge in [-0.15, -0.1) is 0 Å². The van der Waals surface area contributed by atoms with Crippen molar-refractivity contribution in [1.82, 2.24) is 20.6 Å². The fourth-order valence-corrected chi connectivity index (χ4v) is 2.15. The van der Waals surface area contributed by atoms with Gasteiger partial charge in [-0.1, -0.05) is 0 Å². The SMILES string of the molecule is CC(N)C(=O)NC(Cc1cnc[nH]1)C(=O)NC(CCCCN)C(=O)O. The van der Waals surface area contributed by atoms with Gasteiger partial charge in [-0.25, -0.2) is 9.78 Å². The molecule has 25 heavy (non-hydrogen) atoms. The minimum absolute atomic E-state index is 0.138. The number of carboxylic acids is 1. The summed E-state index contributed by atoms with van der Waals surface area (Å²) in [5.41, 5.74) is 11.5. The van der Waals surface area contributed by atoms with Crippen molar-refractivity contribution in [3.05, 3.63) is 18.2 Å². The van der Waals surface area contributed by atoms with Crippen LogP contribution in [0.1, 0.15) is 31.9 Å². The number of carboxylic acid groups (broad SMARTS) is 1. The predicted octanol–water partition coefficient (Wildman–Crippen LogP) is -1.52. The monoisotopic (exact) mass is 354 g/mol. The highest BCUT2D eigenvalue weighted by molar-refractivity contribution is 5.91. The van der Waals surface area contributed by atoms with Gasteiger partial charge in [0.15, 0.2) is 0 Å². The first-order valence-electron chi connectivity index (χ1n) is 8.11. The average molecular weight is 354 g/mol. The first-order valence-corrected chi connectivity index (χ1v) is 8.11. The number of H-pyrrole nitrogens is 1. The molecule has 1 rings (SSSR count). The molecule has 1 aromatic heterocycles. The van der Waals surface area contributed by atoms with E-state index in [2.05, 4.69) is 20.6 Å². The molecular weight excluding hydrogens is 328 g/mol. The first kappa shape index (κ1) is 20.6. The minimum Gasteiger partial charge on any atom is -0.480 e. The average Bonchev–Trinajstić information content (AvgIpc) is 3.06. The molecular formula is C15H26N6O4. The lowest BCUT2D eigenvalue weighted by Crippen LogP contribution is -2.54. The summed E-state index contributed by atoms with van der Waals surface area (Å²) in [5.74, 6) is -2.23. The quantitative estimate of drug-likeness (QED) is 0.261. The third kappa shape index (κ3) is 7.31. The summed E-state index contributed by atoms with van der Waals surface area (Å²) >= 11 is 0. The topological polar surface area (TPSA) is 176 Å². The van der Waals surface area contributed by atoms with E-state index < -0.39 is 35.9 Å². The molecule has 0 bridgehead atoms. The van der Waals surface area contributed by atoms with E-state index in [0.717, 1.165) is 0 Å². The number of hydrogen-bond acceptors (Lipinski definition) is 6. The maximum Gasteiger partial charge on any atom is 0.326 e. The smallest absolute Gasteiger partial charge is 0.326 e. The number of aromatic nitrogens is 2. The van der Waals surface area contributed by atoms with Crippen molar-refractivity contribution >= 4 is 17.8 Å². The Kier molecular flexibility index (Phi) is 8.57. The van der Waals surface area contributed by atoms with Crippen LogP contribution in [0.4, 0.5) is 0 Å². The van der Waals surface area contributed by atoms with Crippen LogP contribution in [0.2, 0.25) is 0 Å². The summed E-state index contributed by atoms with van der Waals surface area (Å²) in [7, 11) is 0. The Morgan fingerprint density at radius 3 is 2.44 bits per heavy atom. The van der Waals surface area contributed by atoms with Gasteiger partial charge in [-0.05, 0) is 32.7 Å². The molecule has 10 nitrogen and oxygen atoms in total. The second-order valence-corrected chi connectivity index (χ2v) is 5.81. The number of imidazole rings is 1. The molecule has 3 unspecified atom stereocenters. The molecule has 3 atom stereocenters. The van der Waals surface area contributed by atoms with Crippen molar-refractivity contribution in [2.24, 2.45) is 11.5 Å². The van der Waals surface area contributed by atoms with Gasteiger partial charge in [0.1, 0.15) is 12.1 Å². The number of nitrogens with zero attached hydrogens (tertiary/aromatic N) is 1. The zero-order valence-corrected chi connectivity index (χ0v) is 14.2. The number of hydrogen-bond donors (Lipinski definition) is 6. The lowest BCUT2D eigenvalue weighted by Gasteiger charge is -2.22. The second-order valence-electron chi connectivity index (χ2n) is 5.81. The second kappa shape index (κ2) is 10.4. The van der Waals surface area contributed by atoms with Crippen LogP contribution in [0.3, 0.4) is 0 Å². The zero-order valence-electron chi connectivity index (χ0n) is 14.2.